The Labute approximate surface area is 119 Å². The first kappa shape index (κ1) is 15.5. The molecular formula is C14H23BrN2O. The second kappa shape index (κ2) is 8.51. The predicted molar refractivity (Wildman–Crippen MR) is 81.2 cm³/mol. The SMILES string of the molecule is COCCN(CCNc1ccc(Br)cc1)C(C)C. The molecule has 0 radical (unpaired) electrons. The van der Waals surface area contributed by atoms with Crippen LogP contribution in [0.2, 0.25) is 0 Å². The standard InChI is InChI=1S/C14H23BrN2O/c1-12(2)17(10-11-18-3)9-8-16-14-6-4-13(15)5-7-14/h4-7,12,16H,8-11H2,1-3H3. The summed E-state index contributed by atoms with van der Waals surface area (Å²) in [7, 11) is 1.75. The lowest BCUT2D eigenvalue weighted by Crippen LogP contribution is -2.37. The van der Waals surface area contributed by atoms with Crippen molar-refractivity contribution in [2.75, 3.05) is 38.7 Å². The van der Waals surface area contributed by atoms with Crippen molar-refractivity contribution in [2.45, 2.75) is 19.9 Å². The Hall–Kier alpha value is -0.580. The maximum atomic E-state index is 5.13. The van der Waals surface area contributed by atoms with Crippen LogP contribution in [0, 0.1) is 0 Å². The highest BCUT2D eigenvalue weighted by Crippen LogP contribution is 2.13. The zero-order chi connectivity index (χ0) is 13.4. The maximum Gasteiger partial charge on any atom is 0.0589 e. The van der Waals surface area contributed by atoms with Crippen LogP contribution in [0.5, 0.6) is 0 Å². The first-order chi connectivity index (χ1) is 8.63. The van der Waals surface area contributed by atoms with Gasteiger partial charge in [-0.05, 0) is 38.1 Å². The van der Waals surface area contributed by atoms with Crippen molar-refractivity contribution < 1.29 is 4.74 Å². The van der Waals surface area contributed by atoms with Crippen molar-refractivity contribution in [3.8, 4) is 0 Å². The molecule has 0 atom stereocenters. The van der Waals surface area contributed by atoms with Gasteiger partial charge < -0.3 is 10.1 Å². The molecule has 0 aliphatic rings. The molecule has 0 aliphatic heterocycles. The van der Waals surface area contributed by atoms with Gasteiger partial charge in [-0.1, -0.05) is 15.9 Å². The summed E-state index contributed by atoms with van der Waals surface area (Å²) in [5, 5.41) is 3.43. The number of hydrogen-bond acceptors (Lipinski definition) is 3. The molecule has 1 rings (SSSR count). The van der Waals surface area contributed by atoms with E-state index in [0.717, 1.165) is 36.4 Å². The Kier molecular flexibility index (Phi) is 7.32. The molecule has 18 heavy (non-hydrogen) atoms. The van der Waals surface area contributed by atoms with Crippen LogP contribution in [0.4, 0.5) is 5.69 Å². The normalized spacial score (nSPS) is 11.2. The second-order valence-electron chi connectivity index (χ2n) is 4.56. The van der Waals surface area contributed by atoms with E-state index in [4.69, 9.17) is 4.74 Å². The Morgan fingerprint density at radius 2 is 1.89 bits per heavy atom. The minimum absolute atomic E-state index is 0.548. The van der Waals surface area contributed by atoms with Crippen molar-refractivity contribution in [1.29, 1.82) is 0 Å². The molecule has 1 N–H and O–H groups in total. The van der Waals surface area contributed by atoms with Gasteiger partial charge in [0.2, 0.25) is 0 Å². The van der Waals surface area contributed by atoms with Gasteiger partial charge in [0.25, 0.3) is 0 Å². The van der Waals surface area contributed by atoms with Gasteiger partial charge in [0.1, 0.15) is 0 Å². The fraction of sp³-hybridized carbons (Fsp3) is 0.571. The van der Waals surface area contributed by atoms with Crippen LogP contribution in [-0.4, -0.2) is 44.3 Å². The summed E-state index contributed by atoms with van der Waals surface area (Å²) in [5.41, 5.74) is 1.16. The van der Waals surface area contributed by atoms with Gasteiger partial charge in [-0.25, -0.2) is 0 Å². The van der Waals surface area contributed by atoms with E-state index in [9.17, 15) is 0 Å². The number of nitrogens with one attached hydrogen (secondary N) is 1. The first-order valence-electron chi connectivity index (χ1n) is 6.36. The minimum Gasteiger partial charge on any atom is -0.384 e. The molecule has 0 saturated heterocycles. The number of rotatable bonds is 8. The van der Waals surface area contributed by atoms with Crippen LogP contribution in [0.3, 0.4) is 0 Å². The van der Waals surface area contributed by atoms with Gasteiger partial charge in [-0.3, -0.25) is 4.90 Å². The fourth-order valence-corrected chi connectivity index (χ4v) is 2.01. The number of benzene rings is 1. The lowest BCUT2D eigenvalue weighted by atomic mass is 10.3. The smallest absolute Gasteiger partial charge is 0.0589 e. The van der Waals surface area contributed by atoms with Gasteiger partial charge in [0, 0.05) is 42.9 Å². The molecule has 0 aliphatic carbocycles. The highest BCUT2D eigenvalue weighted by atomic mass is 79.9. The van der Waals surface area contributed by atoms with Gasteiger partial charge in [0.05, 0.1) is 6.61 Å². The Morgan fingerprint density at radius 1 is 1.22 bits per heavy atom. The first-order valence-corrected chi connectivity index (χ1v) is 7.15. The number of anilines is 1. The molecule has 0 bridgehead atoms. The molecule has 4 heteroatoms. The van der Waals surface area contributed by atoms with Crippen molar-refractivity contribution >= 4 is 21.6 Å². The topological polar surface area (TPSA) is 24.5 Å². The van der Waals surface area contributed by atoms with Crippen molar-refractivity contribution in [3.63, 3.8) is 0 Å². The molecule has 0 amide bonds. The summed E-state index contributed by atoms with van der Waals surface area (Å²) in [4.78, 5) is 2.41. The van der Waals surface area contributed by atoms with Gasteiger partial charge in [-0.2, -0.15) is 0 Å². The third-order valence-corrected chi connectivity index (χ3v) is 3.41. The minimum atomic E-state index is 0.548. The van der Waals surface area contributed by atoms with Crippen molar-refractivity contribution in [3.05, 3.63) is 28.7 Å². The zero-order valence-electron chi connectivity index (χ0n) is 11.4. The van der Waals surface area contributed by atoms with Crippen molar-refractivity contribution in [2.24, 2.45) is 0 Å². The molecular weight excluding hydrogens is 292 g/mol. The summed E-state index contributed by atoms with van der Waals surface area (Å²) in [6.07, 6.45) is 0. The summed E-state index contributed by atoms with van der Waals surface area (Å²) in [6.45, 7) is 8.18. The molecule has 102 valence electrons. The van der Waals surface area contributed by atoms with Crippen LogP contribution in [0.25, 0.3) is 0 Å². The monoisotopic (exact) mass is 314 g/mol. The molecule has 0 unspecified atom stereocenters. The average Bonchev–Trinajstić information content (AvgIpc) is 2.35. The molecule has 3 nitrogen and oxygen atoms in total. The third kappa shape index (κ3) is 5.85. The summed E-state index contributed by atoms with van der Waals surface area (Å²) in [6, 6.07) is 8.81. The summed E-state index contributed by atoms with van der Waals surface area (Å²) in [5.74, 6) is 0. The fourth-order valence-electron chi connectivity index (χ4n) is 1.75. The molecule has 1 aromatic rings. The van der Waals surface area contributed by atoms with Crippen LogP contribution >= 0.6 is 15.9 Å². The Morgan fingerprint density at radius 3 is 2.44 bits per heavy atom. The van der Waals surface area contributed by atoms with Gasteiger partial charge in [0.15, 0.2) is 0 Å². The van der Waals surface area contributed by atoms with E-state index in [2.05, 4.69) is 52.1 Å². The van der Waals surface area contributed by atoms with Crippen LogP contribution in [-0.2, 0) is 4.74 Å². The van der Waals surface area contributed by atoms with Gasteiger partial charge in [-0.15, -0.1) is 0 Å². The molecule has 1 aromatic carbocycles. The lowest BCUT2D eigenvalue weighted by Gasteiger charge is -2.26. The largest absolute Gasteiger partial charge is 0.384 e. The molecule has 0 fully saturated rings. The lowest BCUT2D eigenvalue weighted by molar-refractivity contribution is 0.132. The maximum absolute atomic E-state index is 5.13. The van der Waals surface area contributed by atoms with E-state index in [0.29, 0.717) is 6.04 Å². The number of methoxy groups -OCH3 is 1. The van der Waals surface area contributed by atoms with Crippen molar-refractivity contribution in [1.82, 2.24) is 4.90 Å². The van der Waals surface area contributed by atoms with Crippen LogP contribution in [0.1, 0.15) is 13.8 Å². The quantitative estimate of drug-likeness (QED) is 0.797. The van der Waals surface area contributed by atoms with Gasteiger partial charge >= 0.3 is 0 Å². The van der Waals surface area contributed by atoms with E-state index in [1.165, 1.54) is 0 Å². The predicted octanol–water partition coefficient (Wildman–Crippen LogP) is 3.22. The van der Waals surface area contributed by atoms with E-state index >= 15 is 0 Å². The highest BCUT2D eigenvalue weighted by Gasteiger charge is 2.08. The number of nitrogens with zero attached hydrogens (tertiary/aromatic N) is 1. The number of halogens is 1. The zero-order valence-corrected chi connectivity index (χ0v) is 13.0. The molecule has 0 aromatic heterocycles. The average molecular weight is 315 g/mol. The summed E-state index contributed by atoms with van der Waals surface area (Å²) >= 11 is 3.43. The van der Waals surface area contributed by atoms with E-state index in [-0.39, 0.29) is 0 Å². The molecule has 0 heterocycles. The van der Waals surface area contributed by atoms with E-state index in [1.54, 1.807) is 7.11 Å². The Bertz CT molecular complexity index is 327. The highest BCUT2D eigenvalue weighted by molar-refractivity contribution is 9.10. The van der Waals surface area contributed by atoms with E-state index in [1.807, 2.05) is 12.1 Å². The number of ether oxygens (including phenoxy) is 1. The Balaban J connectivity index is 2.31. The molecule has 0 spiro atoms. The number of hydrogen-bond donors (Lipinski definition) is 1. The third-order valence-electron chi connectivity index (χ3n) is 2.89. The van der Waals surface area contributed by atoms with Crippen LogP contribution < -0.4 is 5.32 Å². The van der Waals surface area contributed by atoms with E-state index < -0.39 is 0 Å². The second-order valence-corrected chi connectivity index (χ2v) is 5.47. The van der Waals surface area contributed by atoms with Crippen LogP contribution in [0.15, 0.2) is 28.7 Å². The summed E-state index contributed by atoms with van der Waals surface area (Å²) < 4.78 is 6.24. The molecule has 0 saturated carbocycles.